The second-order valence-corrected chi connectivity index (χ2v) is 3.45. The second-order valence-electron chi connectivity index (χ2n) is 2.53. The fraction of sp³-hybridized carbons (Fsp3) is 0. The highest BCUT2D eigenvalue weighted by molar-refractivity contribution is 7.17. The molecular weight excluding hydrogens is 190 g/mol. The normalized spacial score (nSPS) is 10.5. The molecule has 1 aromatic carbocycles. The third-order valence-corrected chi connectivity index (χ3v) is 2.69. The average Bonchev–Trinajstić information content (AvgIpc) is 2.50. The minimum atomic E-state index is -0.561. The van der Waals surface area contributed by atoms with Crippen LogP contribution in [0, 0.1) is 10.1 Å². The Morgan fingerprint density at radius 1 is 1.38 bits per heavy atom. The SMILES string of the molecule is O=[N+]([O-])c1c(O)ccc2ccsc12. The van der Waals surface area contributed by atoms with Crippen LogP contribution >= 0.6 is 11.3 Å². The van der Waals surface area contributed by atoms with Gasteiger partial charge in [-0.25, -0.2) is 0 Å². The van der Waals surface area contributed by atoms with Crippen LogP contribution in [0.3, 0.4) is 0 Å². The van der Waals surface area contributed by atoms with E-state index in [4.69, 9.17) is 0 Å². The van der Waals surface area contributed by atoms with Gasteiger partial charge in [-0.15, -0.1) is 11.3 Å². The van der Waals surface area contributed by atoms with Gasteiger partial charge >= 0.3 is 5.69 Å². The van der Waals surface area contributed by atoms with Crippen molar-refractivity contribution in [2.75, 3.05) is 0 Å². The largest absolute Gasteiger partial charge is 0.502 e. The quantitative estimate of drug-likeness (QED) is 0.561. The summed E-state index contributed by atoms with van der Waals surface area (Å²) in [7, 11) is 0. The van der Waals surface area contributed by atoms with Crippen molar-refractivity contribution in [3.63, 3.8) is 0 Å². The third kappa shape index (κ3) is 1.13. The predicted octanol–water partition coefficient (Wildman–Crippen LogP) is 2.52. The molecule has 0 bridgehead atoms. The Kier molecular flexibility index (Phi) is 1.66. The summed E-state index contributed by atoms with van der Waals surface area (Å²) in [5.41, 5.74) is -0.201. The van der Waals surface area contributed by atoms with Crippen molar-refractivity contribution >= 4 is 27.1 Å². The fourth-order valence-electron chi connectivity index (χ4n) is 1.18. The maximum absolute atomic E-state index is 10.6. The van der Waals surface area contributed by atoms with Gasteiger partial charge in [-0.3, -0.25) is 10.1 Å². The maximum atomic E-state index is 10.6. The van der Waals surface area contributed by atoms with Gasteiger partial charge in [-0.1, -0.05) is 0 Å². The summed E-state index contributed by atoms with van der Waals surface area (Å²) in [4.78, 5) is 10.0. The van der Waals surface area contributed by atoms with Gasteiger partial charge in [0.25, 0.3) is 0 Å². The van der Waals surface area contributed by atoms with E-state index in [1.165, 1.54) is 17.4 Å². The van der Waals surface area contributed by atoms with Gasteiger partial charge in [0.1, 0.15) is 4.70 Å². The number of nitro groups is 1. The first-order valence-corrected chi connectivity index (χ1v) is 4.41. The molecule has 0 radical (unpaired) electrons. The lowest BCUT2D eigenvalue weighted by Crippen LogP contribution is -1.87. The topological polar surface area (TPSA) is 63.4 Å². The van der Waals surface area contributed by atoms with E-state index in [9.17, 15) is 15.2 Å². The van der Waals surface area contributed by atoms with Gasteiger partial charge in [0.05, 0.1) is 4.92 Å². The van der Waals surface area contributed by atoms with Crippen molar-refractivity contribution in [2.24, 2.45) is 0 Å². The number of thiophene rings is 1. The Morgan fingerprint density at radius 2 is 2.15 bits per heavy atom. The number of aromatic hydroxyl groups is 1. The number of rotatable bonds is 1. The Labute approximate surface area is 77.2 Å². The highest BCUT2D eigenvalue weighted by Gasteiger charge is 2.18. The summed E-state index contributed by atoms with van der Waals surface area (Å²) in [5, 5.41) is 22.4. The van der Waals surface area contributed by atoms with E-state index < -0.39 is 4.92 Å². The number of phenolic OH excluding ortho intramolecular Hbond substituents is 1. The van der Waals surface area contributed by atoms with Crippen molar-refractivity contribution < 1.29 is 10.0 Å². The van der Waals surface area contributed by atoms with Crippen LogP contribution in [0.5, 0.6) is 5.75 Å². The zero-order valence-corrected chi connectivity index (χ0v) is 7.25. The third-order valence-electron chi connectivity index (χ3n) is 1.76. The Hall–Kier alpha value is -1.62. The van der Waals surface area contributed by atoms with Gasteiger partial charge in [-0.2, -0.15) is 0 Å². The average molecular weight is 195 g/mol. The first-order valence-electron chi connectivity index (χ1n) is 3.53. The molecule has 4 nitrogen and oxygen atoms in total. The van der Waals surface area contributed by atoms with Crippen LogP contribution in [-0.2, 0) is 0 Å². The number of fused-ring (bicyclic) bond motifs is 1. The Bertz CT molecular complexity index is 477. The summed E-state index contributed by atoms with van der Waals surface area (Å²) >= 11 is 1.25. The molecule has 0 saturated carbocycles. The van der Waals surface area contributed by atoms with Crippen molar-refractivity contribution in [1.82, 2.24) is 0 Å². The molecule has 66 valence electrons. The molecule has 1 N–H and O–H groups in total. The maximum Gasteiger partial charge on any atom is 0.328 e. The number of nitrogens with zero attached hydrogens (tertiary/aromatic N) is 1. The summed E-state index contributed by atoms with van der Waals surface area (Å²) in [6.07, 6.45) is 0. The van der Waals surface area contributed by atoms with Crippen LogP contribution in [0.4, 0.5) is 5.69 Å². The van der Waals surface area contributed by atoms with Crippen LogP contribution in [0.2, 0.25) is 0 Å². The lowest BCUT2D eigenvalue weighted by Gasteiger charge is -1.95. The molecule has 0 atom stereocenters. The molecule has 1 aromatic heterocycles. The number of hydrogen-bond acceptors (Lipinski definition) is 4. The molecule has 0 fully saturated rings. The zero-order chi connectivity index (χ0) is 9.42. The summed E-state index contributed by atoms with van der Waals surface area (Å²) in [6.45, 7) is 0. The van der Waals surface area contributed by atoms with Gasteiger partial charge in [0.15, 0.2) is 5.75 Å². The number of phenols is 1. The molecular formula is C8H5NO3S. The molecule has 0 saturated heterocycles. The lowest BCUT2D eigenvalue weighted by atomic mass is 10.2. The number of benzene rings is 1. The van der Waals surface area contributed by atoms with Gasteiger partial charge in [0, 0.05) is 0 Å². The molecule has 0 amide bonds. The Morgan fingerprint density at radius 3 is 2.85 bits per heavy atom. The first-order chi connectivity index (χ1) is 6.20. The second kappa shape index (κ2) is 2.70. The van der Waals surface area contributed by atoms with E-state index in [0.717, 1.165) is 5.39 Å². The van der Waals surface area contributed by atoms with Crippen LogP contribution in [-0.4, -0.2) is 10.0 Å². The van der Waals surface area contributed by atoms with Gasteiger partial charge < -0.3 is 5.11 Å². The molecule has 1 heterocycles. The molecule has 0 unspecified atom stereocenters. The first kappa shape index (κ1) is 8.00. The molecule has 13 heavy (non-hydrogen) atoms. The van der Waals surface area contributed by atoms with E-state index in [2.05, 4.69) is 0 Å². The summed E-state index contributed by atoms with van der Waals surface area (Å²) in [5.74, 6) is -0.278. The van der Waals surface area contributed by atoms with E-state index >= 15 is 0 Å². The summed E-state index contributed by atoms with van der Waals surface area (Å²) < 4.78 is 0.519. The van der Waals surface area contributed by atoms with Gasteiger partial charge in [-0.05, 0) is 29.0 Å². The van der Waals surface area contributed by atoms with Crippen LogP contribution < -0.4 is 0 Å². The van der Waals surface area contributed by atoms with Crippen molar-refractivity contribution in [3.05, 3.63) is 33.7 Å². The standard InChI is InChI=1S/C8H5NO3S/c10-6-2-1-5-3-4-13-8(5)7(6)9(11)12/h1-4,10H. The molecule has 0 spiro atoms. The summed E-state index contributed by atoms with van der Waals surface area (Å²) in [6, 6.07) is 4.79. The van der Waals surface area contributed by atoms with Crippen LogP contribution in [0.15, 0.2) is 23.6 Å². The molecule has 5 heteroatoms. The monoisotopic (exact) mass is 195 g/mol. The highest BCUT2D eigenvalue weighted by atomic mass is 32.1. The minimum absolute atomic E-state index is 0.201. The van der Waals surface area contributed by atoms with Crippen molar-refractivity contribution in [3.8, 4) is 5.75 Å². The lowest BCUT2D eigenvalue weighted by molar-refractivity contribution is -0.383. The molecule has 2 rings (SSSR count). The van der Waals surface area contributed by atoms with Crippen molar-refractivity contribution in [2.45, 2.75) is 0 Å². The van der Waals surface area contributed by atoms with Crippen LogP contribution in [0.1, 0.15) is 0 Å². The molecule has 0 aliphatic heterocycles. The zero-order valence-electron chi connectivity index (χ0n) is 6.43. The highest BCUT2D eigenvalue weighted by Crippen LogP contribution is 2.37. The predicted molar refractivity (Wildman–Crippen MR) is 50.1 cm³/mol. The van der Waals surface area contributed by atoms with Crippen molar-refractivity contribution in [1.29, 1.82) is 0 Å². The molecule has 0 aliphatic carbocycles. The molecule has 0 aliphatic rings. The van der Waals surface area contributed by atoms with Gasteiger partial charge in [0.2, 0.25) is 0 Å². The molecule has 2 aromatic rings. The minimum Gasteiger partial charge on any atom is -0.502 e. The number of nitro benzene ring substituents is 1. The van der Waals surface area contributed by atoms with E-state index in [-0.39, 0.29) is 11.4 Å². The smallest absolute Gasteiger partial charge is 0.328 e. The fourth-order valence-corrected chi connectivity index (χ4v) is 2.10. The van der Waals surface area contributed by atoms with Crippen LogP contribution in [0.25, 0.3) is 10.1 Å². The van der Waals surface area contributed by atoms with E-state index in [1.807, 2.05) is 0 Å². The van der Waals surface area contributed by atoms with E-state index in [0.29, 0.717) is 4.70 Å². The Balaban J connectivity index is 2.88. The van der Waals surface area contributed by atoms with E-state index in [1.54, 1.807) is 17.5 Å². The number of hydrogen-bond donors (Lipinski definition) is 1.